The summed E-state index contributed by atoms with van der Waals surface area (Å²) in [4.78, 5) is 10.9. The number of nitrogens with zero attached hydrogens (tertiary/aromatic N) is 2. The molecule has 1 heterocycles. The lowest BCUT2D eigenvalue weighted by Gasteiger charge is -2.10. The number of benzene rings is 4. The van der Waals surface area contributed by atoms with Gasteiger partial charge in [0, 0.05) is 16.1 Å². The van der Waals surface area contributed by atoms with Gasteiger partial charge < -0.3 is 9.84 Å². The highest BCUT2D eigenvalue weighted by atomic mass is 35.5. The molecule has 0 bridgehead atoms. The number of rotatable bonds is 7. The van der Waals surface area contributed by atoms with Crippen molar-refractivity contribution >= 4 is 17.6 Å². The molecule has 0 aliphatic rings. The van der Waals surface area contributed by atoms with Crippen LogP contribution in [0.15, 0.2) is 109 Å². The Morgan fingerprint density at radius 1 is 0.800 bits per heavy atom. The Kier molecular flexibility index (Phi) is 6.33. The molecule has 0 unspecified atom stereocenters. The van der Waals surface area contributed by atoms with Gasteiger partial charge in [-0.25, -0.2) is 9.48 Å². The van der Waals surface area contributed by atoms with Crippen LogP contribution in [0.1, 0.15) is 0 Å². The highest BCUT2D eigenvalue weighted by Gasteiger charge is 2.16. The van der Waals surface area contributed by atoms with E-state index in [2.05, 4.69) is 18.2 Å². The Morgan fingerprint density at radius 3 is 2.29 bits per heavy atom. The van der Waals surface area contributed by atoms with Crippen molar-refractivity contribution < 1.29 is 14.6 Å². The second-order valence-corrected chi connectivity index (χ2v) is 8.36. The van der Waals surface area contributed by atoms with E-state index in [1.807, 2.05) is 89.6 Å². The fourth-order valence-electron chi connectivity index (χ4n) is 3.99. The van der Waals surface area contributed by atoms with E-state index < -0.39 is 12.6 Å². The number of halogens is 1. The summed E-state index contributed by atoms with van der Waals surface area (Å²) in [5, 5.41) is 14.6. The number of aromatic nitrogens is 2. The topological polar surface area (TPSA) is 64.3 Å². The van der Waals surface area contributed by atoms with Gasteiger partial charge >= 0.3 is 5.97 Å². The minimum absolute atomic E-state index is 0.393. The molecule has 1 N–H and O–H groups in total. The fourth-order valence-corrected chi connectivity index (χ4v) is 4.17. The van der Waals surface area contributed by atoms with Crippen LogP contribution < -0.4 is 4.74 Å². The summed E-state index contributed by atoms with van der Waals surface area (Å²) in [6.07, 6.45) is 0. The molecular weight excluding hydrogens is 460 g/mol. The second kappa shape index (κ2) is 9.87. The zero-order valence-electron chi connectivity index (χ0n) is 18.6. The number of hydrogen-bond donors (Lipinski definition) is 1. The van der Waals surface area contributed by atoms with Crippen molar-refractivity contribution in [2.45, 2.75) is 0 Å². The van der Waals surface area contributed by atoms with Crippen LogP contribution in [0.4, 0.5) is 0 Å². The van der Waals surface area contributed by atoms with E-state index in [4.69, 9.17) is 26.5 Å². The Hall–Kier alpha value is -4.35. The summed E-state index contributed by atoms with van der Waals surface area (Å²) in [5.74, 6) is -0.523. The van der Waals surface area contributed by atoms with Gasteiger partial charge in [-0.2, -0.15) is 5.10 Å². The first-order chi connectivity index (χ1) is 17.1. The SMILES string of the molecule is O=C(O)COc1cccc(-c2ccccc2-c2cc(-c3ccccc3)n(-c3cccc(Cl)c3)n2)c1. The van der Waals surface area contributed by atoms with Gasteiger partial charge in [-0.15, -0.1) is 0 Å². The average molecular weight is 481 g/mol. The van der Waals surface area contributed by atoms with Crippen LogP contribution in [0.25, 0.3) is 39.3 Å². The monoisotopic (exact) mass is 480 g/mol. The van der Waals surface area contributed by atoms with E-state index in [9.17, 15) is 4.79 Å². The molecule has 4 aromatic carbocycles. The molecular formula is C29H21ClN2O3. The largest absolute Gasteiger partial charge is 0.482 e. The molecule has 35 heavy (non-hydrogen) atoms. The predicted octanol–water partition coefficient (Wildman–Crippen LogP) is 6.99. The van der Waals surface area contributed by atoms with E-state index in [1.54, 1.807) is 6.07 Å². The molecule has 5 nitrogen and oxygen atoms in total. The van der Waals surface area contributed by atoms with Crippen LogP contribution in [0, 0.1) is 0 Å². The predicted molar refractivity (Wildman–Crippen MR) is 138 cm³/mol. The Balaban J connectivity index is 1.63. The van der Waals surface area contributed by atoms with E-state index in [-0.39, 0.29) is 0 Å². The molecule has 0 amide bonds. The maximum Gasteiger partial charge on any atom is 0.341 e. The van der Waals surface area contributed by atoms with Gasteiger partial charge in [0.2, 0.25) is 0 Å². The molecule has 1 aromatic heterocycles. The quantitative estimate of drug-likeness (QED) is 0.272. The summed E-state index contributed by atoms with van der Waals surface area (Å²) in [6, 6.07) is 35.2. The number of carbonyl (C=O) groups is 1. The van der Waals surface area contributed by atoms with Gasteiger partial charge in [-0.1, -0.05) is 84.4 Å². The molecule has 6 heteroatoms. The van der Waals surface area contributed by atoms with Gasteiger partial charge in [0.15, 0.2) is 6.61 Å². The third-order valence-electron chi connectivity index (χ3n) is 5.54. The third kappa shape index (κ3) is 4.95. The van der Waals surface area contributed by atoms with Crippen molar-refractivity contribution in [3.8, 4) is 45.1 Å². The summed E-state index contributed by atoms with van der Waals surface area (Å²) < 4.78 is 7.30. The summed E-state index contributed by atoms with van der Waals surface area (Å²) in [7, 11) is 0. The summed E-state index contributed by atoms with van der Waals surface area (Å²) in [6.45, 7) is -0.393. The molecule has 0 saturated heterocycles. The molecule has 0 saturated carbocycles. The van der Waals surface area contributed by atoms with E-state index in [1.165, 1.54) is 0 Å². The standard InChI is InChI=1S/C29H21ClN2O3/c30-22-11-7-12-23(17-22)32-28(20-8-2-1-3-9-20)18-27(31-32)26-15-5-4-14-25(26)21-10-6-13-24(16-21)35-19-29(33)34/h1-18H,19H2,(H,33,34). The van der Waals surface area contributed by atoms with Crippen molar-refractivity contribution in [3.63, 3.8) is 0 Å². The zero-order valence-corrected chi connectivity index (χ0v) is 19.4. The molecule has 0 atom stereocenters. The fraction of sp³-hybridized carbons (Fsp3) is 0.0345. The van der Waals surface area contributed by atoms with Crippen LogP contribution >= 0.6 is 11.6 Å². The maximum atomic E-state index is 10.9. The summed E-state index contributed by atoms with van der Waals surface area (Å²) in [5.41, 5.74) is 6.45. The number of hydrogen-bond acceptors (Lipinski definition) is 3. The Labute approximate surface area is 207 Å². The second-order valence-electron chi connectivity index (χ2n) is 7.93. The van der Waals surface area contributed by atoms with Crippen molar-refractivity contribution in [2.75, 3.05) is 6.61 Å². The van der Waals surface area contributed by atoms with Crippen LogP contribution in [0.2, 0.25) is 5.02 Å². The minimum atomic E-state index is -1.02. The van der Waals surface area contributed by atoms with Gasteiger partial charge in [-0.05, 0) is 47.5 Å². The molecule has 0 radical (unpaired) electrons. The molecule has 172 valence electrons. The zero-order chi connectivity index (χ0) is 24.2. The van der Waals surface area contributed by atoms with Gasteiger partial charge in [0.25, 0.3) is 0 Å². The average Bonchev–Trinajstić information content (AvgIpc) is 3.34. The number of carboxylic acid groups (broad SMARTS) is 1. The molecule has 0 aliphatic heterocycles. The highest BCUT2D eigenvalue weighted by Crippen LogP contribution is 2.36. The first-order valence-corrected chi connectivity index (χ1v) is 11.4. The lowest BCUT2D eigenvalue weighted by molar-refractivity contribution is -0.139. The number of aliphatic carboxylic acids is 1. The lowest BCUT2D eigenvalue weighted by Crippen LogP contribution is -2.09. The van der Waals surface area contributed by atoms with Gasteiger partial charge in [0.05, 0.1) is 17.1 Å². The maximum absolute atomic E-state index is 10.9. The van der Waals surface area contributed by atoms with Crippen LogP contribution in [-0.4, -0.2) is 27.5 Å². The summed E-state index contributed by atoms with van der Waals surface area (Å²) >= 11 is 6.29. The van der Waals surface area contributed by atoms with E-state index in [0.717, 1.165) is 39.3 Å². The molecule has 5 rings (SSSR count). The number of carboxylic acids is 1. The highest BCUT2D eigenvalue weighted by molar-refractivity contribution is 6.30. The molecule has 0 fully saturated rings. The van der Waals surface area contributed by atoms with Crippen LogP contribution in [0.3, 0.4) is 0 Å². The van der Waals surface area contributed by atoms with Crippen LogP contribution in [0.5, 0.6) is 5.75 Å². The Bertz CT molecular complexity index is 1500. The first-order valence-electron chi connectivity index (χ1n) is 11.0. The lowest BCUT2D eigenvalue weighted by atomic mass is 9.97. The third-order valence-corrected chi connectivity index (χ3v) is 5.78. The minimum Gasteiger partial charge on any atom is -0.482 e. The molecule has 0 aliphatic carbocycles. The van der Waals surface area contributed by atoms with Crippen molar-refractivity contribution in [3.05, 3.63) is 114 Å². The van der Waals surface area contributed by atoms with Crippen LogP contribution in [-0.2, 0) is 4.79 Å². The smallest absolute Gasteiger partial charge is 0.341 e. The van der Waals surface area contributed by atoms with Crippen molar-refractivity contribution in [2.24, 2.45) is 0 Å². The van der Waals surface area contributed by atoms with Gasteiger partial charge in [-0.3, -0.25) is 0 Å². The normalized spacial score (nSPS) is 10.8. The van der Waals surface area contributed by atoms with Crippen molar-refractivity contribution in [1.82, 2.24) is 9.78 Å². The number of ether oxygens (including phenoxy) is 1. The first kappa shape index (κ1) is 22.4. The van der Waals surface area contributed by atoms with E-state index >= 15 is 0 Å². The van der Waals surface area contributed by atoms with E-state index in [0.29, 0.717) is 10.8 Å². The molecule has 5 aromatic rings. The Morgan fingerprint density at radius 2 is 1.51 bits per heavy atom. The van der Waals surface area contributed by atoms with Gasteiger partial charge in [0.1, 0.15) is 5.75 Å². The van der Waals surface area contributed by atoms with Crippen molar-refractivity contribution in [1.29, 1.82) is 0 Å². The molecule has 0 spiro atoms.